The monoisotopic (exact) mass is 409 g/mol. The van der Waals surface area contributed by atoms with Gasteiger partial charge in [-0.3, -0.25) is 4.90 Å². The quantitative estimate of drug-likeness (QED) is 0.719. The lowest BCUT2D eigenvalue weighted by atomic mass is 10.1. The fraction of sp³-hybridized carbons (Fsp3) is 0.316. The number of halogens is 2. The zero-order chi connectivity index (χ0) is 18.4. The van der Waals surface area contributed by atoms with Gasteiger partial charge in [0.05, 0.1) is 13.2 Å². The van der Waals surface area contributed by atoms with Crippen LogP contribution < -0.4 is 10.6 Å². The fourth-order valence-electron chi connectivity index (χ4n) is 2.76. The van der Waals surface area contributed by atoms with Gasteiger partial charge >= 0.3 is 0 Å². The molecule has 4 nitrogen and oxygen atoms in total. The van der Waals surface area contributed by atoms with Crippen molar-refractivity contribution in [1.29, 1.82) is 0 Å². The van der Waals surface area contributed by atoms with Crippen LogP contribution in [0.15, 0.2) is 42.5 Å². The lowest BCUT2D eigenvalue weighted by Gasteiger charge is -2.26. The summed E-state index contributed by atoms with van der Waals surface area (Å²) in [6, 6.07) is 13.8. The summed E-state index contributed by atoms with van der Waals surface area (Å²) in [4.78, 5) is 2.41. The minimum absolute atomic E-state index is 0.528. The lowest BCUT2D eigenvalue weighted by Crippen LogP contribution is -2.35. The summed E-state index contributed by atoms with van der Waals surface area (Å²) in [5.41, 5.74) is 3.25. The molecule has 138 valence electrons. The molecular formula is C19H21Cl2N3OS. The third kappa shape index (κ3) is 6.11. The Morgan fingerprint density at radius 1 is 1.00 bits per heavy atom. The van der Waals surface area contributed by atoms with Gasteiger partial charge in [-0.25, -0.2) is 0 Å². The maximum atomic E-state index is 5.99. The number of ether oxygens (including phenoxy) is 1. The third-order valence-electron chi connectivity index (χ3n) is 4.11. The van der Waals surface area contributed by atoms with E-state index in [2.05, 4.69) is 39.8 Å². The van der Waals surface area contributed by atoms with Gasteiger partial charge in [0.1, 0.15) is 0 Å². The van der Waals surface area contributed by atoms with Crippen molar-refractivity contribution in [3.8, 4) is 0 Å². The average Bonchev–Trinajstić information content (AvgIpc) is 2.61. The minimum Gasteiger partial charge on any atom is -0.379 e. The first-order valence-electron chi connectivity index (χ1n) is 8.47. The van der Waals surface area contributed by atoms with Crippen LogP contribution in [0.4, 0.5) is 5.69 Å². The van der Waals surface area contributed by atoms with Crippen LogP contribution in [0.1, 0.15) is 11.1 Å². The van der Waals surface area contributed by atoms with Crippen molar-refractivity contribution < 1.29 is 4.74 Å². The van der Waals surface area contributed by atoms with Crippen molar-refractivity contribution in [1.82, 2.24) is 10.2 Å². The van der Waals surface area contributed by atoms with Crippen molar-refractivity contribution in [2.75, 3.05) is 31.6 Å². The Kier molecular flexibility index (Phi) is 7.11. The van der Waals surface area contributed by atoms with Crippen LogP contribution in [0.25, 0.3) is 0 Å². The Bertz CT molecular complexity index is 729. The molecule has 1 aliphatic heterocycles. The highest BCUT2D eigenvalue weighted by Crippen LogP contribution is 2.22. The maximum absolute atomic E-state index is 5.99. The highest BCUT2D eigenvalue weighted by molar-refractivity contribution is 7.80. The molecule has 7 heteroatoms. The molecule has 1 heterocycles. The maximum Gasteiger partial charge on any atom is 0.171 e. The van der Waals surface area contributed by atoms with Crippen LogP contribution in [0.2, 0.25) is 10.0 Å². The molecule has 3 rings (SSSR count). The van der Waals surface area contributed by atoms with Crippen molar-refractivity contribution >= 4 is 46.2 Å². The van der Waals surface area contributed by atoms with E-state index in [9.17, 15) is 0 Å². The molecule has 0 radical (unpaired) electrons. The largest absolute Gasteiger partial charge is 0.379 e. The number of hydrogen-bond donors (Lipinski definition) is 2. The molecule has 26 heavy (non-hydrogen) atoms. The van der Waals surface area contributed by atoms with Crippen molar-refractivity contribution in [3.63, 3.8) is 0 Å². The molecule has 1 saturated heterocycles. The molecule has 1 fully saturated rings. The van der Waals surface area contributed by atoms with Gasteiger partial charge in [0.2, 0.25) is 0 Å². The van der Waals surface area contributed by atoms with Gasteiger partial charge in [0.25, 0.3) is 0 Å². The van der Waals surface area contributed by atoms with E-state index in [1.807, 2.05) is 0 Å². The summed E-state index contributed by atoms with van der Waals surface area (Å²) < 4.78 is 5.38. The normalized spacial score (nSPS) is 14.8. The van der Waals surface area contributed by atoms with Crippen LogP contribution in [0, 0.1) is 0 Å². The topological polar surface area (TPSA) is 36.5 Å². The summed E-state index contributed by atoms with van der Waals surface area (Å²) in [6.45, 7) is 5.26. The van der Waals surface area contributed by atoms with Gasteiger partial charge in [-0.05, 0) is 41.5 Å². The Morgan fingerprint density at radius 2 is 1.62 bits per heavy atom. The first-order chi connectivity index (χ1) is 12.6. The number of thiocarbonyl (C=S) groups is 1. The van der Waals surface area contributed by atoms with Crippen molar-refractivity contribution in [3.05, 3.63) is 63.6 Å². The van der Waals surface area contributed by atoms with Gasteiger partial charge in [-0.2, -0.15) is 0 Å². The molecule has 0 aromatic heterocycles. The van der Waals surface area contributed by atoms with Crippen LogP contribution in [-0.4, -0.2) is 36.3 Å². The molecule has 0 unspecified atom stereocenters. The van der Waals surface area contributed by atoms with E-state index in [-0.39, 0.29) is 0 Å². The average molecular weight is 410 g/mol. The smallest absolute Gasteiger partial charge is 0.171 e. The molecule has 0 bridgehead atoms. The summed E-state index contributed by atoms with van der Waals surface area (Å²) >= 11 is 17.3. The minimum atomic E-state index is 0.528. The van der Waals surface area contributed by atoms with Crippen LogP contribution in [-0.2, 0) is 17.8 Å². The first kappa shape index (κ1) is 19.4. The van der Waals surface area contributed by atoms with E-state index < -0.39 is 0 Å². The van der Waals surface area contributed by atoms with E-state index in [4.69, 9.17) is 40.2 Å². The third-order valence-corrected chi connectivity index (χ3v) is 4.79. The summed E-state index contributed by atoms with van der Waals surface area (Å²) in [5.74, 6) is 0. The van der Waals surface area contributed by atoms with Crippen LogP contribution >= 0.6 is 35.4 Å². The molecule has 0 amide bonds. The van der Waals surface area contributed by atoms with Crippen LogP contribution in [0.5, 0.6) is 0 Å². The number of nitrogens with zero attached hydrogens (tertiary/aromatic N) is 1. The van der Waals surface area contributed by atoms with E-state index in [1.165, 1.54) is 11.1 Å². The molecule has 0 atom stereocenters. The van der Waals surface area contributed by atoms with Gasteiger partial charge in [0, 0.05) is 41.9 Å². The highest BCUT2D eigenvalue weighted by Gasteiger charge is 2.10. The van der Waals surface area contributed by atoms with Gasteiger partial charge in [-0.1, -0.05) is 47.5 Å². The molecule has 2 N–H and O–H groups in total. The number of nitrogens with one attached hydrogen (secondary N) is 2. The Morgan fingerprint density at radius 3 is 2.27 bits per heavy atom. The molecule has 2 aromatic carbocycles. The molecule has 1 aliphatic rings. The predicted octanol–water partition coefficient (Wildman–Crippen LogP) is 4.31. The second-order valence-corrected chi connectivity index (χ2v) is 7.45. The highest BCUT2D eigenvalue weighted by atomic mass is 35.5. The second-order valence-electron chi connectivity index (χ2n) is 6.17. The van der Waals surface area contributed by atoms with E-state index in [1.54, 1.807) is 18.2 Å². The SMILES string of the molecule is S=C(NCc1ccc(CN2CCOCC2)cc1)Nc1cc(Cl)cc(Cl)c1. The van der Waals surface area contributed by atoms with Crippen molar-refractivity contribution in [2.45, 2.75) is 13.1 Å². The van der Waals surface area contributed by atoms with E-state index in [0.29, 0.717) is 21.7 Å². The van der Waals surface area contributed by atoms with E-state index >= 15 is 0 Å². The Labute approximate surface area is 169 Å². The van der Waals surface area contributed by atoms with Gasteiger partial charge < -0.3 is 15.4 Å². The molecule has 0 saturated carbocycles. The van der Waals surface area contributed by atoms with E-state index in [0.717, 1.165) is 38.5 Å². The molecule has 0 aliphatic carbocycles. The number of rotatable bonds is 5. The predicted molar refractivity (Wildman–Crippen MR) is 112 cm³/mol. The molecule has 0 spiro atoms. The summed E-state index contributed by atoms with van der Waals surface area (Å²) in [5, 5.41) is 7.95. The number of hydrogen-bond acceptors (Lipinski definition) is 3. The Hall–Kier alpha value is -1.37. The number of morpholine rings is 1. The van der Waals surface area contributed by atoms with Gasteiger partial charge in [0.15, 0.2) is 5.11 Å². The first-order valence-corrected chi connectivity index (χ1v) is 9.64. The number of anilines is 1. The standard InChI is InChI=1S/C19H21Cl2N3OS/c20-16-9-17(21)11-18(10-16)23-19(26)22-12-14-1-3-15(4-2-14)13-24-5-7-25-8-6-24/h1-4,9-11H,5-8,12-13H2,(H2,22,23,26). The van der Waals surface area contributed by atoms with Gasteiger partial charge in [-0.15, -0.1) is 0 Å². The fourth-order valence-corrected chi connectivity index (χ4v) is 3.48. The molecular weight excluding hydrogens is 389 g/mol. The number of benzene rings is 2. The molecule has 2 aromatic rings. The lowest BCUT2D eigenvalue weighted by molar-refractivity contribution is 0.0342. The summed E-state index contributed by atoms with van der Waals surface area (Å²) in [6.07, 6.45) is 0. The van der Waals surface area contributed by atoms with Crippen LogP contribution in [0.3, 0.4) is 0 Å². The zero-order valence-corrected chi connectivity index (χ0v) is 16.6. The second kappa shape index (κ2) is 9.53. The Balaban J connectivity index is 1.47. The van der Waals surface area contributed by atoms with Crippen molar-refractivity contribution in [2.24, 2.45) is 0 Å². The zero-order valence-electron chi connectivity index (χ0n) is 14.3. The summed E-state index contributed by atoms with van der Waals surface area (Å²) in [7, 11) is 0.